The predicted molar refractivity (Wildman–Crippen MR) is 125 cm³/mol. The van der Waals surface area contributed by atoms with Crippen LogP contribution in [0, 0.1) is 0 Å². The van der Waals surface area contributed by atoms with Gasteiger partial charge < -0.3 is 14.2 Å². The van der Waals surface area contributed by atoms with E-state index in [1.165, 1.54) is 0 Å². The van der Waals surface area contributed by atoms with Crippen molar-refractivity contribution in [2.24, 2.45) is 0 Å². The van der Waals surface area contributed by atoms with Crippen LogP contribution < -0.4 is 15.2 Å². The van der Waals surface area contributed by atoms with Crippen molar-refractivity contribution in [2.75, 3.05) is 19.8 Å². The highest BCUT2D eigenvalue weighted by Crippen LogP contribution is 2.32. The molecule has 1 atom stereocenters. The first-order chi connectivity index (χ1) is 15.7. The van der Waals surface area contributed by atoms with Gasteiger partial charge in [-0.15, -0.1) is 0 Å². The molecule has 6 heteroatoms. The number of nitrogens with zero attached hydrogens (tertiary/aromatic N) is 2. The highest BCUT2D eigenvalue weighted by Gasteiger charge is 2.21. The van der Waals surface area contributed by atoms with Crippen molar-refractivity contribution in [2.45, 2.75) is 45.3 Å². The molecule has 1 saturated heterocycles. The molecule has 3 heterocycles. The third kappa shape index (κ3) is 5.19. The van der Waals surface area contributed by atoms with E-state index in [2.05, 4.69) is 30.6 Å². The van der Waals surface area contributed by atoms with Crippen molar-refractivity contribution in [1.82, 2.24) is 9.55 Å². The second-order valence-corrected chi connectivity index (χ2v) is 8.00. The molecular weight excluding hydrogens is 404 g/mol. The van der Waals surface area contributed by atoms with E-state index in [9.17, 15) is 4.79 Å². The molecule has 2 aliphatic heterocycles. The predicted octanol–water partition coefficient (Wildman–Crippen LogP) is 4.48. The van der Waals surface area contributed by atoms with Gasteiger partial charge in [0.2, 0.25) is 5.88 Å². The van der Waals surface area contributed by atoms with E-state index in [1.807, 2.05) is 36.4 Å². The molecule has 0 saturated carbocycles. The first-order valence-electron chi connectivity index (χ1n) is 11.3. The Morgan fingerprint density at radius 3 is 3.03 bits per heavy atom. The standard InChI is InChI=1S/C26H30N2O4/c1-3-5-6-8-19(4-2)17-31-21-10-11-23-20(15-21)12-13-28-24(23)16-25(27-26(28)29)32-18-22-9-7-14-30-22/h4-6,8,10-11,15-16,22H,2-3,7,9,12-14,17-18H2,1H3/b6-5-,19-8+. The van der Waals surface area contributed by atoms with Gasteiger partial charge in [0, 0.05) is 24.8 Å². The monoisotopic (exact) mass is 434 g/mol. The van der Waals surface area contributed by atoms with Gasteiger partial charge in [0.05, 0.1) is 11.8 Å². The molecule has 6 nitrogen and oxygen atoms in total. The minimum atomic E-state index is -0.281. The first-order valence-corrected chi connectivity index (χ1v) is 11.3. The van der Waals surface area contributed by atoms with E-state index in [0.29, 0.717) is 25.6 Å². The highest BCUT2D eigenvalue weighted by atomic mass is 16.5. The molecule has 0 amide bonds. The van der Waals surface area contributed by atoms with Gasteiger partial charge in [-0.25, -0.2) is 4.79 Å². The van der Waals surface area contributed by atoms with E-state index < -0.39 is 0 Å². The fraction of sp³-hybridized carbons (Fsp3) is 0.385. The molecule has 1 fully saturated rings. The lowest BCUT2D eigenvalue weighted by molar-refractivity contribution is 0.0661. The molecule has 1 aromatic carbocycles. The largest absolute Gasteiger partial charge is 0.489 e. The van der Waals surface area contributed by atoms with Gasteiger partial charge in [-0.2, -0.15) is 4.98 Å². The molecule has 168 valence electrons. The summed E-state index contributed by atoms with van der Waals surface area (Å²) in [4.78, 5) is 16.7. The molecule has 0 aliphatic carbocycles. The van der Waals surface area contributed by atoms with E-state index in [1.54, 1.807) is 4.57 Å². The number of allylic oxidation sites excluding steroid dienone is 3. The summed E-state index contributed by atoms with van der Waals surface area (Å²) in [5, 5.41) is 0. The molecule has 2 aliphatic rings. The number of aromatic nitrogens is 2. The third-order valence-electron chi connectivity index (χ3n) is 5.74. The quantitative estimate of drug-likeness (QED) is 0.545. The molecule has 4 rings (SSSR count). The van der Waals surface area contributed by atoms with E-state index >= 15 is 0 Å². The smallest absolute Gasteiger partial charge is 0.351 e. The Morgan fingerprint density at radius 1 is 1.34 bits per heavy atom. The van der Waals surface area contributed by atoms with Gasteiger partial charge in [0.1, 0.15) is 19.0 Å². The topological polar surface area (TPSA) is 62.6 Å². The number of hydrogen-bond donors (Lipinski definition) is 0. The Balaban J connectivity index is 1.50. The van der Waals surface area contributed by atoms with Crippen LogP contribution in [0.15, 0.2) is 65.5 Å². The number of aryl methyl sites for hydroxylation is 1. The highest BCUT2D eigenvalue weighted by molar-refractivity contribution is 5.67. The number of ether oxygens (including phenoxy) is 3. The molecule has 0 spiro atoms. The maximum Gasteiger partial charge on any atom is 0.351 e. The Kier molecular flexibility index (Phi) is 7.22. The number of benzene rings is 1. The van der Waals surface area contributed by atoms with Gasteiger partial charge in [0.25, 0.3) is 0 Å². The average molecular weight is 435 g/mol. The fourth-order valence-electron chi connectivity index (χ4n) is 3.97. The van der Waals surface area contributed by atoms with Crippen LogP contribution in [-0.2, 0) is 17.7 Å². The number of fused-ring (bicyclic) bond motifs is 3. The zero-order chi connectivity index (χ0) is 22.3. The van der Waals surface area contributed by atoms with Crippen LogP contribution in [0.2, 0.25) is 0 Å². The van der Waals surface area contributed by atoms with Crippen LogP contribution in [0.25, 0.3) is 11.3 Å². The summed E-state index contributed by atoms with van der Waals surface area (Å²) in [6.45, 7) is 8.19. The molecule has 2 aromatic rings. The Bertz CT molecular complexity index is 1080. The maximum absolute atomic E-state index is 12.6. The average Bonchev–Trinajstić information content (AvgIpc) is 3.33. The Hall–Kier alpha value is -3.12. The van der Waals surface area contributed by atoms with Crippen LogP contribution in [0.3, 0.4) is 0 Å². The van der Waals surface area contributed by atoms with Gasteiger partial charge in [-0.3, -0.25) is 4.57 Å². The fourth-order valence-corrected chi connectivity index (χ4v) is 3.97. The minimum Gasteiger partial charge on any atom is -0.489 e. The van der Waals surface area contributed by atoms with E-state index in [0.717, 1.165) is 60.4 Å². The maximum atomic E-state index is 12.6. The minimum absolute atomic E-state index is 0.0783. The SMILES string of the molecule is C=C/C(=C\C=C/CC)COc1ccc2c(c1)CCn1c-2cc(OCC2CCCO2)nc1=O. The van der Waals surface area contributed by atoms with Gasteiger partial charge in [-0.05, 0) is 55.0 Å². The second-order valence-electron chi connectivity index (χ2n) is 8.00. The molecule has 0 N–H and O–H groups in total. The van der Waals surface area contributed by atoms with Crippen molar-refractivity contribution < 1.29 is 14.2 Å². The molecule has 1 unspecified atom stereocenters. The molecule has 0 radical (unpaired) electrons. The van der Waals surface area contributed by atoms with Gasteiger partial charge in [0.15, 0.2) is 0 Å². The Labute approximate surface area is 188 Å². The second kappa shape index (κ2) is 10.5. The van der Waals surface area contributed by atoms with Crippen molar-refractivity contribution in [3.63, 3.8) is 0 Å². The van der Waals surface area contributed by atoms with Crippen molar-refractivity contribution >= 4 is 0 Å². The van der Waals surface area contributed by atoms with Crippen molar-refractivity contribution in [1.29, 1.82) is 0 Å². The Morgan fingerprint density at radius 2 is 2.25 bits per heavy atom. The summed E-state index contributed by atoms with van der Waals surface area (Å²) in [6, 6.07) is 7.86. The summed E-state index contributed by atoms with van der Waals surface area (Å²) in [7, 11) is 0. The summed E-state index contributed by atoms with van der Waals surface area (Å²) < 4.78 is 19.1. The molecule has 1 aromatic heterocycles. The summed E-state index contributed by atoms with van der Waals surface area (Å²) in [5.41, 5.74) is 3.72. The summed E-state index contributed by atoms with van der Waals surface area (Å²) in [5.74, 6) is 1.15. The summed E-state index contributed by atoms with van der Waals surface area (Å²) >= 11 is 0. The number of hydrogen-bond acceptors (Lipinski definition) is 5. The molecule has 32 heavy (non-hydrogen) atoms. The number of rotatable bonds is 9. The normalized spacial score (nSPS) is 17.8. The van der Waals surface area contributed by atoms with Crippen LogP contribution in [0.1, 0.15) is 31.7 Å². The van der Waals surface area contributed by atoms with Crippen LogP contribution in [-0.4, -0.2) is 35.5 Å². The molecular formula is C26H30N2O4. The first kappa shape index (κ1) is 22.1. The van der Waals surface area contributed by atoms with Crippen LogP contribution in [0.4, 0.5) is 0 Å². The van der Waals surface area contributed by atoms with E-state index in [-0.39, 0.29) is 11.8 Å². The third-order valence-corrected chi connectivity index (χ3v) is 5.74. The van der Waals surface area contributed by atoms with E-state index in [4.69, 9.17) is 14.2 Å². The van der Waals surface area contributed by atoms with Crippen LogP contribution in [0.5, 0.6) is 11.6 Å². The van der Waals surface area contributed by atoms with Gasteiger partial charge >= 0.3 is 5.69 Å². The van der Waals surface area contributed by atoms with Crippen LogP contribution >= 0.6 is 0 Å². The lowest BCUT2D eigenvalue weighted by Crippen LogP contribution is -2.29. The van der Waals surface area contributed by atoms with Gasteiger partial charge in [-0.1, -0.05) is 37.8 Å². The zero-order valence-corrected chi connectivity index (χ0v) is 18.6. The summed E-state index contributed by atoms with van der Waals surface area (Å²) in [6.07, 6.45) is 11.8. The van der Waals surface area contributed by atoms with Crippen molar-refractivity contribution in [3.05, 3.63) is 76.8 Å². The lowest BCUT2D eigenvalue weighted by atomic mass is 9.97. The van der Waals surface area contributed by atoms with Crippen molar-refractivity contribution in [3.8, 4) is 22.9 Å². The lowest BCUT2D eigenvalue weighted by Gasteiger charge is -2.22. The zero-order valence-electron chi connectivity index (χ0n) is 18.6. The molecule has 0 bridgehead atoms.